The summed E-state index contributed by atoms with van der Waals surface area (Å²) >= 11 is 0. The van der Waals surface area contributed by atoms with Crippen molar-refractivity contribution in [2.24, 2.45) is 0 Å². The van der Waals surface area contributed by atoms with Crippen LogP contribution in [0.2, 0.25) is 0 Å². The van der Waals surface area contributed by atoms with Gasteiger partial charge in [0.2, 0.25) is 0 Å². The highest BCUT2D eigenvalue weighted by atomic mass is 16.5. The molecule has 18 heavy (non-hydrogen) atoms. The highest BCUT2D eigenvalue weighted by molar-refractivity contribution is 5.40. The Hall–Kier alpha value is -1.02. The molecule has 0 spiro atoms. The maximum atomic E-state index is 10.3. The van der Waals surface area contributed by atoms with Crippen molar-refractivity contribution in [1.29, 1.82) is 0 Å². The van der Waals surface area contributed by atoms with Crippen molar-refractivity contribution < 1.29 is 9.84 Å². The lowest BCUT2D eigenvalue weighted by Gasteiger charge is -2.38. The molecule has 0 bridgehead atoms. The summed E-state index contributed by atoms with van der Waals surface area (Å²) in [5.41, 5.74) is 1.91. The van der Waals surface area contributed by atoms with Gasteiger partial charge in [-0.1, -0.05) is 31.4 Å². The second-order valence-electron chi connectivity index (χ2n) is 5.77. The molecule has 0 saturated heterocycles. The molecule has 2 atom stereocenters. The molecule has 0 fully saturated rings. The molecule has 2 heteroatoms. The lowest BCUT2D eigenvalue weighted by Crippen LogP contribution is -2.38. The molecular weight excluding hydrogens is 224 g/mol. The summed E-state index contributed by atoms with van der Waals surface area (Å²) < 4.78 is 6.13. The maximum absolute atomic E-state index is 10.3. The summed E-state index contributed by atoms with van der Waals surface area (Å²) in [5.74, 6) is 0.860. The summed E-state index contributed by atoms with van der Waals surface area (Å²) in [5, 5.41) is 10.3. The van der Waals surface area contributed by atoms with Gasteiger partial charge < -0.3 is 9.84 Å². The Morgan fingerprint density at radius 1 is 1.39 bits per heavy atom. The number of benzene rings is 1. The zero-order valence-corrected chi connectivity index (χ0v) is 11.7. The number of aryl methyl sites for hydroxylation is 1. The Labute approximate surface area is 110 Å². The maximum Gasteiger partial charge on any atom is 0.125 e. The first-order chi connectivity index (χ1) is 8.54. The smallest absolute Gasteiger partial charge is 0.125 e. The molecule has 1 N–H and O–H groups in total. The van der Waals surface area contributed by atoms with E-state index in [2.05, 4.69) is 13.8 Å². The predicted molar refractivity (Wildman–Crippen MR) is 73.9 cm³/mol. The van der Waals surface area contributed by atoms with E-state index in [0.717, 1.165) is 17.7 Å². The first-order valence-electron chi connectivity index (χ1n) is 7.02. The molecule has 1 aromatic rings. The zero-order valence-electron chi connectivity index (χ0n) is 11.7. The van der Waals surface area contributed by atoms with Gasteiger partial charge >= 0.3 is 0 Å². The number of aliphatic hydroxyl groups is 1. The number of hydrogen-bond donors (Lipinski definition) is 1. The van der Waals surface area contributed by atoms with Gasteiger partial charge in [-0.05, 0) is 38.8 Å². The SMILES string of the molecule is CCCCCC1(C)C[C@H](O)c2cc(C)ccc2O1. The Balaban J connectivity index is 2.14. The Kier molecular flexibility index (Phi) is 3.96. The van der Waals surface area contributed by atoms with Crippen LogP contribution in [0.25, 0.3) is 0 Å². The second-order valence-corrected chi connectivity index (χ2v) is 5.77. The number of ether oxygens (including phenoxy) is 1. The Bertz CT molecular complexity index is 414. The molecule has 0 amide bonds. The molecule has 0 radical (unpaired) electrons. The van der Waals surface area contributed by atoms with E-state index in [4.69, 9.17) is 4.74 Å². The van der Waals surface area contributed by atoms with E-state index in [0.29, 0.717) is 6.42 Å². The molecule has 2 nitrogen and oxygen atoms in total. The number of rotatable bonds is 4. The van der Waals surface area contributed by atoms with E-state index >= 15 is 0 Å². The van der Waals surface area contributed by atoms with Gasteiger partial charge in [0.05, 0.1) is 6.10 Å². The van der Waals surface area contributed by atoms with Crippen molar-refractivity contribution in [2.45, 2.75) is 64.6 Å². The van der Waals surface area contributed by atoms with Crippen molar-refractivity contribution in [3.8, 4) is 5.75 Å². The van der Waals surface area contributed by atoms with Crippen LogP contribution in [0.4, 0.5) is 0 Å². The summed E-state index contributed by atoms with van der Waals surface area (Å²) in [6.45, 7) is 6.37. The average Bonchev–Trinajstić information content (AvgIpc) is 2.31. The molecule has 2 rings (SSSR count). The van der Waals surface area contributed by atoms with Gasteiger partial charge in [0.25, 0.3) is 0 Å². The number of aliphatic hydroxyl groups excluding tert-OH is 1. The van der Waals surface area contributed by atoms with Crippen molar-refractivity contribution in [3.05, 3.63) is 29.3 Å². The summed E-state index contributed by atoms with van der Waals surface area (Å²) in [6.07, 6.45) is 4.95. The van der Waals surface area contributed by atoms with E-state index in [1.165, 1.54) is 24.8 Å². The van der Waals surface area contributed by atoms with Crippen LogP contribution in [-0.4, -0.2) is 10.7 Å². The minimum Gasteiger partial charge on any atom is -0.487 e. The van der Waals surface area contributed by atoms with E-state index < -0.39 is 0 Å². The topological polar surface area (TPSA) is 29.5 Å². The van der Waals surface area contributed by atoms with Crippen LogP contribution in [0.3, 0.4) is 0 Å². The summed E-state index contributed by atoms with van der Waals surface area (Å²) in [7, 11) is 0. The standard InChI is InChI=1S/C16H24O2/c1-4-5-6-9-16(3)11-14(17)13-10-12(2)7-8-15(13)18-16/h7-8,10,14,17H,4-6,9,11H2,1-3H3/t14-,16?/m0/s1. The van der Waals surface area contributed by atoms with Crippen LogP contribution in [-0.2, 0) is 0 Å². The molecule has 100 valence electrons. The fraction of sp³-hybridized carbons (Fsp3) is 0.625. The van der Waals surface area contributed by atoms with Crippen LogP contribution in [0.5, 0.6) is 5.75 Å². The van der Waals surface area contributed by atoms with E-state index in [1.807, 2.05) is 25.1 Å². The molecule has 1 heterocycles. The third-order valence-electron chi connectivity index (χ3n) is 3.81. The fourth-order valence-corrected chi connectivity index (χ4v) is 2.75. The van der Waals surface area contributed by atoms with E-state index in [-0.39, 0.29) is 11.7 Å². The van der Waals surface area contributed by atoms with Crippen LogP contribution in [0.1, 0.15) is 63.2 Å². The Morgan fingerprint density at radius 3 is 2.89 bits per heavy atom. The van der Waals surface area contributed by atoms with Crippen LogP contribution in [0.15, 0.2) is 18.2 Å². The van der Waals surface area contributed by atoms with Crippen molar-refractivity contribution in [2.75, 3.05) is 0 Å². The summed E-state index contributed by atoms with van der Waals surface area (Å²) in [4.78, 5) is 0. The van der Waals surface area contributed by atoms with E-state index in [1.54, 1.807) is 0 Å². The predicted octanol–water partition coefficient (Wildman–Crippen LogP) is 4.15. The summed E-state index contributed by atoms with van der Waals surface area (Å²) in [6, 6.07) is 6.07. The normalized spacial score (nSPS) is 26.6. The van der Waals surface area contributed by atoms with Gasteiger partial charge in [-0.15, -0.1) is 0 Å². The Morgan fingerprint density at radius 2 is 2.17 bits per heavy atom. The quantitative estimate of drug-likeness (QED) is 0.811. The molecule has 0 saturated carbocycles. The second kappa shape index (κ2) is 5.31. The minimum atomic E-state index is -0.389. The largest absolute Gasteiger partial charge is 0.487 e. The van der Waals surface area contributed by atoms with Gasteiger partial charge in [-0.25, -0.2) is 0 Å². The number of unbranched alkanes of at least 4 members (excludes halogenated alkanes) is 2. The number of hydrogen-bond acceptors (Lipinski definition) is 2. The lowest BCUT2D eigenvalue weighted by molar-refractivity contribution is -0.00847. The average molecular weight is 248 g/mol. The lowest BCUT2D eigenvalue weighted by atomic mass is 9.86. The monoisotopic (exact) mass is 248 g/mol. The number of fused-ring (bicyclic) bond motifs is 1. The van der Waals surface area contributed by atoms with Gasteiger partial charge in [0.15, 0.2) is 0 Å². The third-order valence-corrected chi connectivity index (χ3v) is 3.81. The van der Waals surface area contributed by atoms with Gasteiger partial charge in [0.1, 0.15) is 11.4 Å². The van der Waals surface area contributed by atoms with Gasteiger partial charge in [0, 0.05) is 12.0 Å². The molecule has 1 unspecified atom stereocenters. The van der Waals surface area contributed by atoms with E-state index in [9.17, 15) is 5.11 Å². The van der Waals surface area contributed by atoms with Gasteiger partial charge in [-0.2, -0.15) is 0 Å². The molecule has 1 aliphatic rings. The highest BCUT2D eigenvalue weighted by Gasteiger charge is 2.35. The van der Waals surface area contributed by atoms with Crippen molar-refractivity contribution in [1.82, 2.24) is 0 Å². The van der Waals surface area contributed by atoms with Crippen molar-refractivity contribution in [3.63, 3.8) is 0 Å². The molecule has 0 aromatic heterocycles. The van der Waals surface area contributed by atoms with Crippen LogP contribution >= 0.6 is 0 Å². The fourth-order valence-electron chi connectivity index (χ4n) is 2.75. The van der Waals surface area contributed by atoms with Crippen LogP contribution in [0, 0.1) is 6.92 Å². The third kappa shape index (κ3) is 2.86. The van der Waals surface area contributed by atoms with Crippen LogP contribution < -0.4 is 4.74 Å². The highest BCUT2D eigenvalue weighted by Crippen LogP contribution is 2.41. The van der Waals surface area contributed by atoms with Crippen molar-refractivity contribution >= 4 is 0 Å². The molecule has 1 aromatic carbocycles. The molecule has 1 aliphatic heterocycles. The first-order valence-corrected chi connectivity index (χ1v) is 7.02. The zero-order chi connectivity index (χ0) is 13.2. The minimum absolute atomic E-state index is 0.211. The van der Waals surface area contributed by atoms with Gasteiger partial charge in [-0.3, -0.25) is 0 Å². The molecular formula is C16H24O2. The first kappa shape index (κ1) is 13.4. The molecule has 0 aliphatic carbocycles.